The molecule has 1 aliphatic carbocycles. The molecule has 1 atom stereocenters. The van der Waals surface area contributed by atoms with Crippen molar-refractivity contribution >= 4 is 35.0 Å². The number of nitrogens with zero attached hydrogens (tertiary/aromatic N) is 1. The predicted molar refractivity (Wildman–Crippen MR) is 128 cm³/mol. The van der Waals surface area contributed by atoms with E-state index >= 15 is 0 Å². The first-order valence-corrected chi connectivity index (χ1v) is 11.8. The third-order valence-electron chi connectivity index (χ3n) is 5.95. The lowest BCUT2D eigenvalue weighted by Crippen LogP contribution is -2.51. The number of hydrogen-bond acceptors (Lipinski definition) is 3. The van der Waals surface area contributed by atoms with Crippen LogP contribution in [0.1, 0.15) is 50.2 Å². The quantitative estimate of drug-likeness (QED) is 0.543. The van der Waals surface area contributed by atoms with Crippen LogP contribution in [0.5, 0.6) is 5.75 Å². The summed E-state index contributed by atoms with van der Waals surface area (Å²) in [7, 11) is 0. The Morgan fingerprint density at radius 2 is 1.72 bits per heavy atom. The molecule has 0 radical (unpaired) electrons. The number of carbonyl (C=O) groups excluding carboxylic acids is 2. The maximum absolute atomic E-state index is 13.2. The number of nitrogens with one attached hydrogen (secondary N) is 1. The molecule has 1 N–H and O–H groups in total. The summed E-state index contributed by atoms with van der Waals surface area (Å²) >= 11 is 12.7. The van der Waals surface area contributed by atoms with Crippen LogP contribution >= 0.6 is 23.2 Å². The van der Waals surface area contributed by atoms with Crippen LogP contribution in [0.25, 0.3) is 0 Å². The highest BCUT2D eigenvalue weighted by Gasteiger charge is 2.29. The van der Waals surface area contributed by atoms with Crippen LogP contribution in [0.15, 0.2) is 42.5 Å². The van der Waals surface area contributed by atoms with E-state index in [1.165, 1.54) is 11.3 Å². The highest BCUT2D eigenvalue weighted by molar-refractivity contribution is 6.36. The maximum Gasteiger partial charge on any atom is 0.261 e. The summed E-state index contributed by atoms with van der Waals surface area (Å²) in [5, 5.41) is 4.02. The number of hydrogen-bond donors (Lipinski definition) is 1. The Hall–Kier alpha value is -2.24. The summed E-state index contributed by atoms with van der Waals surface area (Å²) in [6.45, 7) is 3.58. The number of aryl methyl sites for hydroxylation is 1. The van der Waals surface area contributed by atoms with E-state index in [9.17, 15) is 9.59 Å². The molecule has 1 fully saturated rings. The number of halogens is 2. The van der Waals surface area contributed by atoms with E-state index in [1.807, 2.05) is 31.2 Å². The van der Waals surface area contributed by atoms with Crippen LogP contribution in [0.4, 0.5) is 0 Å². The molecule has 0 unspecified atom stereocenters. The minimum absolute atomic E-state index is 0.119. The molecule has 0 spiro atoms. The van der Waals surface area contributed by atoms with Gasteiger partial charge in [0.1, 0.15) is 11.8 Å². The fraction of sp³-hybridized carbons (Fsp3) is 0.440. The van der Waals surface area contributed by atoms with Gasteiger partial charge < -0.3 is 15.0 Å². The number of para-hydroxylation sites is 1. The molecule has 1 aliphatic rings. The van der Waals surface area contributed by atoms with E-state index in [-0.39, 0.29) is 31.0 Å². The molecule has 2 amide bonds. The van der Waals surface area contributed by atoms with E-state index in [0.29, 0.717) is 21.4 Å². The molecule has 0 saturated heterocycles. The number of benzene rings is 2. The van der Waals surface area contributed by atoms with Crippen molar-refractivity contribution in [1.82, 2.24) is 10.2 Å². The molecule has 2 aromatic carbocycles. The molecule has 2 aromatic rings. The first kappa shape index (κ1) is 24.4. The molecule has 0 aromatic heterocycles. The number of ether oxygens (including phenoxy) is 1. The van der Waals surface area contributed by atoms with Crippen LogP contribution in [-0.2, 0) is 16.1 Å². The normalized spacial score (nSPS) is 15.1. The SMILES string of the molecule is Cc1ccccc1OCC(=O)N(Cc1c(Cl)cccc1Cl)[C@H](C)C(=O)NC1CCCCC1. The van der Waals surface area contributed by atoms with Crippen molar-refractivity contribution in [2.75, 3.05) is 6.61 Å². The van der Waals surface area contributed by atoms with Crippen molar-refractivity contribution in [3.05, 3.63) is 63.6 Å². The number of amides is 2. The predicted octanol–water partition coefficient (Wildman–Crippen LogP) is 5.55. The molecule has 7 heteroatoms. The lowest BCUT2D eigenvalue weighted by atomic mass is 9.95. The highest BCUT2D eigenvalue weighted by atomic mass is 35.5. The van der Waals surface area contributed by atoms with Crippen LogP contribution in [-0.4, -0.2) is 35.4 Å². The fourth-order valence-electron chi connectivity index (χ4n) is 3.95. The molecule has 3 rings (SSSR count). The van der Waals surface area contributed by atoms with E-state index < -0.39 is 6.04 Å². The summed E-state index contributed by atoms with van der Waals surface area (Å²) in [4.78, 5) is 27.8. The van der Waals surface area contributed by atoms with Crippen LogP contribution < -0.4 is 10.1 Å². The van der Waals surface area contributed by atoms with Gasteiger partial charge in [-0.25, -0.2) is 0 Å². The minimum Gasteiger partial charge on any atom is -0.484 e. The van der Waals surface area contributed by atoms with Crippen LogP contribution in [0.3, 0.4) is 0 Å². The second-order valence-corrected chi connectivity index (χ2v) is 9.11. The second-order valence-electron chi connectivity index (χ2n) is 8.30. The van der Waals surface area contributed by atoms with E-state index in [4.69, 9.17) is 27.9 Å². The van der Waals surface area contributed by atoms with Gasteiger partial charge in [0, 0.05) is 28.2 Å². The zero-order valence-corrected chi connectivity index (χ0v) is 20.1. The van der Waals surface area contributed by atoms with Gasteiger partial charge in [-0.2, -0.15) is 0 Å². The third kappa shape index (κ3) is 6.39. The van der Waals surface area contributed by atoms with E-state index in [0.717, 1.165) is 31.2 Å². The number of rotatable bonds is 8. The molecule has 172 valence electrons. The largest absolute Gasteiger partial charge is 0.484 e. The average Bonchev–Trinajstić information content (AvgIpc) is 2.78. The molecule has 0 aliphatic heterocycles. The molecule has 5 nitrogen and oxygen atoms in total. The Labute approximate surface area is 200 Å². The van der Waals surface area contributed by atoms with Crippen molar-refractivity contribution in [3.8, 4) is 5.75 Å². The average molecular weight is 477 g/mol. The maximum atomic E-state index is 13.2. The van der Waals surface area contributed by atoms with Gasteiger partial charge in [-0.1, -0.05) is 66.7 Å². The van der Waals surface area contributed by atoms with Crippen LogP contribution in [0.2, 0.25) is 10.0 Å². The molecule has 32 heavy (non-hydrogen) atoms. The van der Waals surface area contributed by atoms with Gasteiger partial charge in [-0.15, -0.1) is 0 Å². The van der Waals surface area contributed by atoms with E-state index in [2.05, 4.69) is 5.32 Å². The topological polar surface area (TPSA) is 58.6 Å². The molecule has 0 heterocycles. The summed E-state index contributed by atoms with van der Waals surface area (Å²) in [6.07, 6.45) is 5.37. The number of carbonyl (C=O) groups is 2. The highest BCUT2D eigenvalue weighted by Crippen LogP contribution is 2.27. The van der Waals surface area contributed by atoms with Crippen molar-refractivity contribution in [2.24, 2.45) is 0 Å². The second kappa shape index (κ2) is 11.6. The van der Waals surface area contributed by atoms with Gasteiger partial charge in [0.2, 0.25) is 5.91 Å². The minimum atomic E-state index is -0.697. The smallest absolute Gasteiger partial charge is 0.261 e. The molecular formula is C25H30Cl2N2O3. The monoisotopic (exact) mass is 476 g/mol. The Morgan fingerprint density at radius 1 is 1.06 bits per heavy atom. The summed E-state index contributed by atoms with van der Waals surface area (Å²) in [6, 6.07) is 12.2. The summed E-state index contributed by atoms with van der Waals surface area (Å²) < 4.78 is 5.77. The Morgan fingerprint density at radius 3 is 2.38 bits per heavy atom. The van der Waals surface area contributed by atoms with Crippen LogP contribution in [0, 0.1) is 6.92 Å². The lowest BCUT2D eigenvalue weighted by molar-refractivity contribution is -0.142. The van der Waals surface area contributed by atoms with Gasteiger partial charge in [0.05, 0.1) is 0 Å². The summed E-state index contributed by atoms with van der Waals surface area (Å²) in [5.41, 5.74) is 1.54. The van der Waals surface area contributed by atoms with Crippen molar-refractivity contribution in [3.63, 3.8) is 0 Å². The Kier molecular flexibility index (Phi) is 8.83. The van der Waals surface area contributed by atoms with Crippen molar-refractivity contribution in [1.29, 1.82) is 0 Å². The van der Waals surface area contributed by atoms with Crippen molar-refractivity contribution < 1.29 is 14.3 Å². The van der Waals surface area contributed by atoms with Gasteiger partial charge in [0.15, 0.2) is 6.61 Å². The van der Waals surface area contributed by atoms with E-state index in [1.54, 1.807) is 25.1 Å². The Bertz CT molecular complexity index is 924. The Balaban J connectivity index is 1.77. The van der Waals surface area contributed by atoms with Gasteiger partial charge in [-0.05, 0) is 50.5 Å². The standard InChI is InChI=1S/C25H30Cl2N2O3/c1-17-9-6-7-14-23(17)32-16-24(30)29(15-20-21(26)12-8-13-22(20)27)18(2)25(31)28-19-10-4-3-5-11-19/h6-9,12-14,18-19H,3-5,10-11,15-16H2,1-2H3,(H,28,31)/t18-/m1/s1. The molecule has 1 saturated carbocycles. The fourth-order valence-corrected chi connectivity index (χ4v) is 4.46. The van der Waals surface area contributed by atoms with Gasteiger partial charge >= 0.3 is 0 Å². The zero-order valence-electron chi connectivity index (χ0n) is 18.6. The summed E-state index contributed by atoms with van der Waals surface area (Å²) in [5.74, 6) is 0.149. The first-order valence-electron chi connectivity index (χ1n) is 11.1. The first-order chi connectivity index (χ1) is 15.4. The lowest BCUT2D eigenvalue weighted by Gasteiger charge is -2.31. The van der Waals surface area contributed by atoms with Gasteiger partial charge in [0.25, 0.3) is 5.91 Å². The third-order valence-corrected chi connectivity index (χ3v) is 6.66. The molecule has 0 bridgehead atoms. The van der Waals surface area contributed by atoms with Gasteiger partial charge in [-0.3, -0.25) is 9.59 Å². The molecular weight excluding hydrogens is 447 g/mol. The van der Waals surface area contributed by atoms with Crippen molar-refractivity contribution in [2.45, 2.75) is 64.6 Å². The zero-order chi connectivity index (χ0) is 23.1.